The third-order valence-corrected chi connectivity index (χ3v) is 4.13. The summed E-state index contributed by atoms with van der Waals surface area (Å²) in [6.45, 7) is 7.06. The predicted octanol–water partition coefficient (Wildman–Crippen LogP) is 2.51. The van der Waals surface area contributed by atoms with E-state index in [2.05, 4.69) is 10.2 Å². The molecule has 1 amide bonds. The van der Waals surface area contributed by atoms with Gasteiger partial charge in [-0.3, -0.25) is 9.69 Å². The molecular weight excluding hydrogens is 292 g/mol. The van der Waals surface area contributed by atoms with Gasteiger partial charge < -0.3 is 10.4 Å². The fourth-order valence-electron chi connectivity index (χ4n) is 2.89. The van der Waals surface area contributed by atoms with Crippen molar-refractivity contribution in [1.82, 2.24) is 10.2 Å². The van der Waals surface area contributed by atoms with Gasteiger partial charge in [-0.25, -0.2) is 4.79 Å². The van der Waals surface area contributed by atoms with Crippen LogP contribution in [0.5, 0.6) is 0 Å². The lowest BCUT2D eigenvalue weighted by molar-refractivity contribution is -0.139. The molecule has 1 saturated heterocycles. The second-order valence-electron chi connectivity index (χ2n) is 6.67. The first-order valence-corrected chi connectivity index (χ1v) is 8.30. The van der Waals surface area contributed by atoms with Crippen LogP contribution in [0, 0.1) is 5.92 Å². The summed E-state index contributed by atoms with van der Waals surface area (Å²) in [6, 6.07) is 6.60. The molecule has 1 fully saturated rings. The molecule has 1 aromatic carbocycles. The minimum Gasteiger partial charge on any atom is -0.480 e. The van der Waals surface area contributed by atoms with Gasteiger partial charge in [0.2, 0.25) is 0 Å². The van der Waals surface area contributed by atoms with Gasteiger partial charge in [0.1, 0.15) is 6.04 Å². The van der Waals surface area contributed by atoms with Crippen LogP contribution in [0.15, 0.2) is 24.3 Å². The standard InChI is InChI=1S/C18H26N2O3/c1-13(2)11-16(18(22)23)19-17(21)15-7-5-14(6-8-15)12-20-9-3-4-10-20/h5-8,13,16H,3-4,9-12H2,1-2H3,(H,19,21)(H,22,23). The molecule has 1 aliphatic heterocycles. The van der Waals surface area contributed by atoms with Crippen LogP contribution in [0.3, 0.4) is 0 Å². The highest BCUT2D eigenvalue weighted by Crippen LogP contribution is 2.14. The number of hydrogen-bond acceptors (Lipinski definition) is 3. The van der Waals surface area contributed by atoms with E-state index in [4.69, 9.17) is 0 Å². The highest BCUT2D eigenvalue weighted by atomic mass is 16.4. The van der Waals surface area contributed by atoms with E-state index in [1.807, 2.05) is 26.0 Å². The van der Waals surface area contributed by atoms with Gasteiger partial charge in [0.05, 0.1) is 0 Å². The SMILES string of the molecule is CC(C)CC(NC(=O)c1ccc(CN2CCCC2)cc1)C(=O)O. The van der Waals surface area contributed by atoms with E-state index in [9.17, 15) is 14.7 Å². The first-order chi connectivity index (χ1) is 11.0. The molecule has 0 saturated carbocycles. The maximum atomic E-state index is 12.2. The smallest absolute Gasteiger partial charge is 0.326 e. The number of amides is 1. The van der Waals surface area contributed by atoms with Crippen LogP contribution in [0.2, 0.25) is 0 Å². The Labute approximate surface area is 137 Å². The number of aliphatic carboxylic acids is 1. The number of carbonyl (C=O) groups excluding carboxylic acids is 1. The summed E-state index contributed by atoms with van der Waals surface area (Å²) in [6.07, 6.45) is 2.94. The number of nitrogens with one attached hydrogen (secondary N) is 1. The van der Waals surface area contributed by atoms with E-state index in [1.54, 1.807) is 12.1 Å². The molecule has 2 N–H and O–H groups in total. The summed E-state index contributed by atoms with van der Waals surface area (Å²) in [5, 5.41) is 11.8. The summed E-state index contributed by atoms with van der Waals surface area (Å²) < 4.78 is 0. The van der Waals surface area contributed by atoms with Crippen molar-refractivity contribution in [3.8, 4) is 0 Å². The fourth-order valence-corrected chi connectivity index (χ4v) is 2.89. The molecule has 1 atom stereocenters. The quantitative estimate of drug-likeness (QED) is 0.810. The molecule has 5 heteroatoms. The molecule has 23 heavy (non-hydrogen) atoms. The van der Waals surface area contributed by atoms with E-state index >= 15 is 0 Å². The van der Waals surface area contributed by atoms with Crippen LogP contribution in [0.25, 0.3) is 0 Å². The Balaban J connectivity index is 1.94. The normalized spacial score (nSPS) is 16.5. The lowest BCUT2D eigenvalue weighted by atomic mass is 10.0. The summed E-state index contributed by atoms with van der Waals surface area (Å²) >= 11 is 0. The number of carboxylic acid groups (broad SMARTS) is 1. The second kappa shape index (κ2) is 8.11. The van der Waals surface area contributed by atoms with Gasteiger partial charge in [-0.05, 0) is 56.0 Å². The monoisotopic (exact) mass is 318 g/mol. The zero-order valence-corrected chi connectivity index (χ0v) is 13.9. The Morgan fingerprint density at radius 2 is 1.78 bits per heavy atom. The molecule has 0 aromatic heterocycles. The largest absolute Gasteiger partial charge is 0.480 e. The first-order valence-electron chi connectivity index (χ1n) is 8.30. The first kappa shape index (κ1) is 17.5. The van der Waals surface area contributed by atoms with Crippen molar-refractivity contribution < 1.29 is 14.7 Å². The number of likely N-dealkylation sites (tertiary alicyclic amines) is 1. The average molecular weight is 318 g/mol. The predicted molar refractivity (Wildman–Crippen MR) is 89.3 cm³/mol. The van der Waals surface area contributed by atoms with Gasteiger partial charge in [-0.1, -0.05) is 26.0 Å². The number of hydrogen-bond donors (Lipinski definition) is 2. The highest BCUT2D eigenvalue weighted by Gasteiger charge is 2.21. The maximum Gasteiger partial charge on any atom is 0.326 e. The Bertz CT molecular complexity index is 534. The summed E-state index contributed by atoms with van der Waals surface area (Å²) in [7, 11) is 0. The highest BCUT2D eigenvalue weighted by molar-refractivity contribution is 5.96. The van der Waals surface area contributed by atoms with Gasteiger partial charge >= 0.3 is 5.97 Å². The molecular formula is C18H26N2O3. The molecule has 126 valence electrons. The number of nitrogens with zero attached hydrogens (tertiary/aromatic N) is 1. The second-order valence-corrected chi connectivity index (χ2v) is 6.67. The van der Waals surface area contributed by atoms with Crippen molar-refractivity contribution in [3.63, 3.8) is 0 Å². The van der Waals surface area contributed by atoms with Gasteiger partial charge in [0.15, 0.2) is 0 Å². The third kappa shape index (κ3) is 5.36. The summed E-state index contributed by atoms with van der Waals surface area (Å²) in [4.78, 5) is 25.8. The van der Waals surface area contributed by atoms with Crippen molar-refractivity contribution in [2.24, 2.45) is 5.92 Å². The van der Waals surface area contributed by atoms with Gasteiger partial charge in [0.25, 0.3) is 5.91 Å². The van der Waals surface area contributed by atoms with E-state index in [-0.39, 0.29) is 11.8 Å². The van der Waals surface area contributed by atoms with Crippen LogP contribution in [0.1, 0.15) is 49.0 Å². The van der Waals surface area contributed by atoms with Crippen molar-refractivity contribution >= 4 is 11.9 Å². The molecule has 0 bridgehead atoms. The van der Waals surface area contributed by atoms with Crippen molar-refractivity contribution in [2.45, 2.75) is 45.7 Å². The van der Waals surface area contributed by atoms with Crippen LogP contribution < -0.4 is 5.32 Å². The van der Waals surface area contributed by atoms with E-state index in [1.165, 1.54) is 18.4 Å². The van der Waals surface area contributed by atoms with Crippen molar-refractivity contribution in [3.05, 3.63) is 35.4 Å². The lowest BCUT2D eigenvalue weighted by Crippen LogP contribution is -2.41. The molecule has 1 heterocycles. The molecule has 0 aliphatic carbocycles. The molecule has 5 nitrogen and oxygen atoms in total. The molecule has 0 spiro atoms. The zero-order valence-electron chi connectivity index (χ0n) is 13.9. The van der Waals surface area contributed by atoms with E-state index in [0.29, 0.717) is 12.0 Å². The minimum atomic E-state index is -0.988. The minimum absolute atomic E-state index is 0.208. The van der Waals surface area contributed by atoms with Gasteiger partial charge in [-0.2, -0.15) is 0 Å². The Kier molecular flexibility index (Phi) is 6.16. The molecule has 1 aromatic rings. The molecule has 0 radical (unpaired) electrons. The number of carboxylic acids is 1. The summed E-state index contributed by atoms with van der Waals surface area (Å²) in [5.74, 6) is -1.11. The number of rotatable bonds is 7. The van der Waals surface area contributed by atoms with Crippen molar-refractivity contribution in [1.29, 1.82) is 0 Å². The Morgan fingerprint density at radius 1 is 1.17 bits per heavy atom. The third-order valence-electron chi connectivity index (χ3n) is 4.13. The number of carbonyl (C=O) groups is 2. The molecule has 1 aliphatic rings. The van der Waals surface area contributed by atoms with Crippen molar-refractivity contribution in [2.75, 3.05) is 13.1 Å². The average Bonchev–Trinajstić information content (AvgIpc) is 2.99. The van der Waals surface area contributed by atoms with Gasteiger partial charge in [-0.15, -0.1) is 0 Å². The van der Waals surface area contributed by atoms with E-state index in [0.717, 1.165) is 19.6 Å². The van der Waals surface area contributed by atoms with Crippen LogP contribution in [0.4, 0.5) is 0 Å². The van der Waals surface area contributed by atoms with E-state index < -0.39 is 12.0 Å². The Morgan fingerprint density at radius 3 is 2.30 bits per heavy atom. The maximum absolute atomic E-state index is 12.2. The fraction of sp³-hybridized carbons (Fsp3) is 0.556. The molecule has 1 unspecified atom stereocenters. The summed E-state index contributed by atoms with van der Waals surface area (Å²) in [5.41, 5.74) is 1.69. The number of benzene rings is 1. The topological polar surface area (TPSA) is 69.6 Å². The zero-order chi connectivity index (χ0) is 16.8. The van der Waals surface area contributed by atoms with Gasteiger partial charge in [0, 0.05) is 12.1 Å². The molecule has 2 rings (SSSR count). The Hall–Kier alpha value is -1.88. The van der Waals surface area contributed by atoms with Crippen LogP contribution in [-0.2, 0) is 11.3 Å². The lowest BCUT2D eigenvalue weighted by Gasteiger charge is -2.17. The van der Waals surface area contributed by atoms with Crippen LogP contribution in [-0.4, -0.2) is 41.0 Å². The van der Waals surface area contributed by atoms with Crippen LogP contribution >= 0.6 is 0 Å².